The van der Waals surface area contributed by atoms with Crippen LogP contribution in [0.15, 0.2) is 29.4 Å². The Bertz CT molecular complexity index is 934. The van der Waals surface area contributed by atoms with Gasteiger partial charge in [-0.2, -0.15) is 10.1 Å². The number of phenols is 2. The van der Waals surface area contributed by atoms with Gasteiger partial charge >= 0.3 is 5.69 Å². The third-order valence-corrected chi connectivity index (χ3v) is 6.27. The number of phenolic OH excluding ortho intramolecular Hbond substituents is 2. The predicted molar refractivity (Wildman–Crippen MR) is 90.6 cm³/mol. The Morgan fingerprint density at radius 1 is 1.07 bits per heavy atom. The van der Waals surface area contributed by atoms with Gasteiger partial charge in [-0.15, -0.1) is 0 Å². The topological polar surface area (TPSA) is 133 Å². The van der Waals surface area contributed by atoms with Crippen molar-refractivity contribution in [1.82, 2.24) is 5.01 Å². The second kappa shape index (κ2) is 5.15. The SMILES string of the molecule is O=C1[C@@H]2[C@H]3C=C[C@@H]([C@@H]4C[C@@H]34)[C@H]2C(=O)N1N=Cc1cc([N+](=O)[O-])c(O)cc1O. The van der Waals surface area contributed by atoms with Crippen molar-refractivity contribution in [3.05, 3.63) is 40.0 Å². The van der Waals surface area contributed by atoms with Crippen LogP contribution in [0.4, 0.5) is 5.69 Å². The van der Waals surface area contributed by atoms with Gasteiger partial charge in [0.15, 0.2) is 5.75 Å². The largest absolute Gasteiger partial charge is 0.507 e. The number of aromatic hydroxyl groups is 2. The fourth-order valence-corrected chi connectivity index (χ4v) is 5.01. The van der Waals surface area contributed by atoms with E-state index < -0.39 is 33.9 Å². The number of nitrogens with zero attached hydrogens (tertiary/aromatic N) is 3. The lowest BCUT2D eigenvalue weighted by Gasteiger charge is -2.37. The summed E-state index contributed by atoms with van der Waals surface area (Å²) in [5.74, 6) is -1.53. The Hall–Kier alpha value is -3.23. The molecule has 1 aromatic rings. The van der Waals surface area contributed by atoms with Gasteiger partial charge in [0.05, 0.1) is 23.0 Å². The zero-order chi connectivity index (χ0) is 19.0. The minimum atomic E-state index is -0.803. The molecule has 0 radical (unpaired) electrons. The monoisotopic (exact) mass is 369 g/mol. The van der Waals surface area contributed by atoms with Crippen molar-refractivity contribution in [3.8, 4) is 11.5 Å². The molecule has 1 aromatic carbocycles. The number of rotatable bonds is 3. The molecule has 1 heterocycles. The van der Waals surface area contributed by atoms with E-state index >= 15 is 0 Å². The van der Waals surface area contributed by atoms with E-state index in [4.69, 9.17) is 0 Å². The molecule has 9 nitrogen and oxygen atoms in total. The van der Waals surface area contributed by atoms with Crippen LogP contribution in [0.25, 0.3) is 0 Å². The molecular weight excluding hydrogens is 354 g/mol. The standard InChI is InChI=1S/C18H15N3O6/c22-13-5-14(23)12(21(26)27)3-7(13)6-19-20-17(24)15-8-1-2-9(11-4-10(8)11)16(15)18(20)25/h1-3,5-6,8-11,15-16,22-23H,4H2/t8-,9-,10-,11-,15+,16+/m0/s1. The van der Waals surface area contributed by atoms with Crippen molar-refractivity contribution in [1.29, 1.82) is 0 Å². The van der Waals surface area contributed by atoms with E-state index in [1.165, 1.54) is 0 Å². The number of hydrogen-bond donors (Lipinski definition) is 2. The Labute approximate surface area is 152 Å². The number of imide groups is 1. The molecule has 2 bridgehead atoms. The van der Waals surface area contributed by atoms with E-state index in [9.17, 15) is 29.9 Å². The van der Waals surface area contributed by atoms with Crippen LogP contribution < -0.4 is 0 Å². The molecule has 138 valence electrons. The van der Waals surface area contributed by atoms with Crippen LogP contribution in [-0.4, -0.2) is 38.2 Å². The molecule has 6 rings (SSSR count). The molecule has 6 atom stereocenters. The van der Waals surface area contributed by atoms with Gasteiger partial charge in [-0.05, 0) is 30.1 Å². The Morgan fingerprint density at radius 2 is 1.67 bits per heavy atom. The summed E-state index contributed by atoms with van der Waals surface area (Å²) in [6.07, 6.45) is 6.19. The van der Waals surface area contributed by atoms with Gasteiger partial charge in [0.2, 0.25) is 0 Å². The van der Waals surface area contributed by atoms with Crippen molar-refractivity contribution in [2.75, 3.05) is 0 Å². The van der Waals surface area contributed by atoms with Gasteiger partial charge < -0.3 is 10.2 Å². The first-order valence-corrected chi connectivity index (χ1v) is 8.69. The van der Waals surface area contributed by atoms with Crippen LogP contribution >= 0.6 is 0 Å². The highest BCUT2D eigenvalue weighted by atomic mass is 16.6. The van der Waals surface area contributed by atoms with Gasteiger partial charge in [0.1, 0.15) is 5.75 Å². The molecule has 3 fully saturated rings. The molecule has 1 aliphatic heterocycles. The number of amides is 2. The minimum Gasteiger partial charge on any atom is -0.507 e. The van der Waals surface area contributed by atoms with Crippen LogP contribution in [-0.2, 0) is 9.59 Å². The average Bonchev–Trinajstić information content (AvgIpc) is 3.40. The molecule has 0 spiro atoms. The summed E-state index contributed by atoms with van der Waals surface area (Å²) in [4.78, 5) is 35.7. The summed E-state index contributed by atoms with van der Waals surface area (Å²) in [5.41, 5.74) is -0.678. The summed E-state index contributed by atoms with van der Waals surface area (Å²) >= 11 is 0. The van der Waals surface area contributed by atoms with E-state index in [1.807, 2.05) is 12.2 Å². The van der Waals surface area contributed by atoms with Crippen molar-refractivity contribution in [3.63, 3.8) is 0 Å². The second-order valence-corrected chi connectivity index (χ2v) is 7.54. The van der Waals surface area contributed by atoms with Crippen molar-refractivity contribution in [2.45, 2.75) is 6.42 Å². The summed E-state index contributed by atoms with van der Waals surface area (Å²) < 4.78 is 0. The van der Waals surface area contributed by atoms with E-state index in [2.05, 4.69) is 5.10 Å². The molecule has 2 saturated carbocycles. The zero-order valence-corrected chi connectivity index (χ0v) is 13.9. The van der Waals surface area contributed by atoms with Crippen molar-refractivity contribution < 1.29 is 24.7 Å². The molecule has 0 unspecified atom stereocenters. The van der Waals surface area contributed by atoms with Crippen LogP contribution in [0, 0.1) is 45.6 Å². The zero-order valence-electron chi connectivity index (χ0n) is 13.9. The first kappa shape index (κ1) is 16.0. The quantitative estimate of drug-likeness (QED) is 0.272. The highest BCUT2D eigenvalue weighted by Crippen LogP contribution is 2.65. The van der Waals surface area contributed by atoms with Crippen molar-refractivity contribution in [2.24, 2.45) is 40.6 Å². The highest BCUT2D eigenvalue weighted by Gasteiger charge is 2.67. The smallest absolute Gasteiger partial charge is 0.311 e. The molecule has 0 aromatic heterocycles. The number of hydrogen-bond acceptors (Lipinski definition) is 7. The second-order valence-electron chi connectivity index (χ2n) is 7.54. The first-order valence-electron chi connectivity index (χ1n) is 8.69. The summed E-state index contributed by atoms with van der Waals surface area (Å²) in [7, 11) is 0. The lowest BCUT2D eigenvalue weighted by molar-refractivity contribution is -0.385. The van der Waals surface area contributed by atoms with E-state index in [0.717, 1.165) is 29.8 Å². The lowest BCUT2D eigenvalue weighted by Crippen LogP contribution is -2.40. The first-order chi connectivity index (χ1) is 12.9. The number of carbonyl (C=O) groups is 2. The number of carbonyl (C=O) groups excluding carboxylic acids is 2. The van der Waals surface area contributed by atoms with Crippen LogP contribution in [0.2, 0.25) is 0 Å². The van der Waals surface area contributed by atoms with Gasteiger partial charge in [0.25, 0.3) is 11.8 Å². The molecule has 27 heavy (non-hydrogen) atoms. The normalized spacial score (nSPS) is 35.6. The Morgan fingerprint density at radius 3 is 2.22 bits per heavy atom. The number of nitro groups is 1. The third-order valence-electron chi connectivity index (χ3n) is 6.27. The van der Waals surface area contributed by atoms with Gasteiger partial charge in [0, 0.05) is 17.7 Å². The van der Waals surface area contributed by atoms with Gasteiger partial charge in [-0.3, -0.25) is 19.7 Å². The molecule has 1 saturated heterocycles. The third kappa shape index (κ3) is 2.08. The summed E-state index contributed by atoms with van der Waals surface area (Å²) in [5, 5.41) is 35.1. The molecule has 2 N–H and O–H groups in total. The van der Waals surface area contributed by atoms with E-state index in [-0.39, 0.29) is 29.2 Å². The molecule has 9 heteroatoms. The number of nitro benzene ring substituents is 1. The van der Waals surface area contributed by atoms with Gasteiger partial charge in [-0.1, -0.05) is 12.2 Å². The van der Waals surface area contributed by atoms with Crippen LogP contribution in [0.3, 0.4) is 0 Å². The Balaban J connectivity index is 1.46. The lowest BCUT2D eigenvalue weighted by atomic mass is 9.63. The van der Waals surface area contributed by atoms with Gasteiger partial charge in [-0.25, -0.2) is 0 Å². The summed E-state index contributed by atoms with van der Waals surface area (Å²) in [6, 6.07) is 1.76. The van der Waals surface area contributed by atoms with Crippen molar-refractivity contribution >= 4 is 23.7 Å². The average molecular weight is 369 g/mol. The molecule has 4 aliphatic carbocycles. The molecular formula is C18H15N3O6. The summed E-state index contributed by atoms with van der Waals surface area (Å²) in [6.45, 7) is 0. The Kier molecular flexibility index (Phi) is 3.05. The molecule has 2 amide bonds. The number of hydrazone groups is 1. The van der Waals surface area contributed by atoms with Crippen LogP contribution in [0.5, 0.6) is 11.5 Å². The molecule has 5 aliphatic rings. The number of allylic oxidation sites excluding steroid dienone is 2. The highest BCUT2D eigenvalue weighted by molar-refractivity contribution is 6.06. The van der Waals surface area contributed by atoms with E-state index in [1.54, 1.807) is 0 Å². The fourth-order valence-electron chi connectivity index (χ4n) is 5.01. The maximum atomic E-state index is 12.8. The minimum absolute atomic E-state index is 0.0704. The van der Waals surface area contributed by atoms with E-state index in [0.29, 0.717) is 11.8 Å². The van der Waals surface area contributed by atoms with Crippen LogP contribution in [0.1, 0.15) is 12.0 Å². The number of benzene rings is 1. The maximum absolute atomic E-state index is 12.8. The maximum Gasteiger partial charge on any atom is 0.311 e. The predicted octanol–water partition coefficient (Wildman–Crippen LogP) is 1.39. The fraction of sp³-hybridized carbons (Fsp3) is 0.389.